The quantitative estimate of drug-likeness (QED) is 0.632. The minimum atomic E-state index is -0.633. The molecule has 196 valence electrons. The van der Waals surface area contributed by atoms with E-state index in [-0.39, 0.29) is 30.3 Å². The van der Waals surface area contributed by atoms with Crippen LogP contribution in [0.25, 0.3) is 0 Å². The highest BCUT2D eigenvalue weighted by atomic mass is 16.5. The van der Waals surface area contributed by atoms with Gasteiger partial charge in [-0.2, -0.15) is 0 Å². The number of ketones is 1. The van der Waals surface area contributed by atoms with Crippen LogP contribution in [0.5, 0.6) is 0 Å². The summed E-state index contributed by atoms with van der Waals surface area (Å²) in [7, 11) is 3.70. The van der Waals surface area contributed by atoms with Crippen LogP contribution in [-0.2, 0) is 19.1 Å². The predicted octanol–water partition coefficient (Wildman–Crippen LogP) is 1.39. The molecule has 2 N–H and O–H groups in total. The molecule has 3 aliphatic heterocycles. The Hall–Kier alpha value is -2.49. The highest BCUT2D eigenvalue weighted by Gasteiger charge is 2.54. The Morgan fingerprint density at radius 2 is 1.83 bits per heavy atom. The van der Waals surface area contributed by atoms with Gasteiger partial charge in [-0.1, -0.05) is 19.3 Å². The van der Waals surface area contributed by atoms with E-state index in [0.29, 0.717) is 17.7 Å². The third kappa shape index (κ3) is 4.64. The summed E-state index contributed by atoms with van der Waals surface area (Å²) in [5.41, 5.74) is 7.95. The number of ether oxygens (including phenoxy) is 2. The summed E-state index contributed by atoms with van der Waals surface area (Å²) in [6.45, 7) is 3.98. The molecule has 3 heterocycles. The highest BCUT2D eigenvalue weighted by Crippen LogP contribution is 2.42. The number of piperazine rings is 1. The van der Waals surface area contributed by atoms with E-state index in [1.165, 1.54) is 0 Å². The first-order chi connectivity index (χ1) is 17.4. The number of likely N-dealkylation sites (N-methyl/N-ethyl adjacent to an activating group) is 1. The Kier molecular flexibility index (Phi) is 7.32. The van der Waals surface area contributed by atoms with E-state index in [0.717, 1.165) is 64.0 Å². The van der Waals surface area contributed by atoms with Crippen molar-refractivity contribution in [2.75, 3.05) is 58.4 Å². The number of carbonyl (C=O) groups excluding carboxylic acids is 3. The smallest absolute Gasteiger partial charge is 0.249 e. The zero-order valence-corrected chi connectivity index (χ0v) is 21.4. The molecule has 0 bridgehead atoms. The van der Waals surface area contributed by atoms with Gasteiger partial charge in [-0.15, -0.1) is 0 Å². The lowest BCUT2D eigenvalue weighted by Crippen LogP contribution is -2.46. The van der Waals surface area contributed by atoms with Crippen LogP contribution in [0.3, 0.4) is 0 Å². The van der Waals surface area contributed by atoms with Crippen LogP contribution >= 0.6 is 0 Å². The largest absolute Gasteiger partial charge is 0.377 e. The molecular formula is C27H38N4O5. The van der Waals surface area contributed by atoms with Gasteiger partial charge in [0.25, 0.3) is 0 Å². The van der Waals surface area contributed by atoms with Crippen molar-refractivity contribution in [3.63, 3.8) is 0 Å². The maximum absolute atomic E-state index is 14.4. The molecule has 36 heavy (non-hydrogen) atoms. The van der Waals surface area contributed by atoms with Crippen molar-refractivity contribution >= 4 is 23.3 Å². The van der Waals surface area contributed by atoms with Gasteiger partial charge in [-0.05, 0) is 49.6 Å². The van der Waals surface area contributed by atoms with Gasteiger partial charge in [0.15, 0.2) is 5.78 Å². The van der Waals surface area contributed by atoms with Crippen molar-refractivity contribution in [3.05, 3.63) is 29.3 Å². The summed E-state index contributed by atoms with van der Waals surface area (Å²) in [5.74, 6) is -1.18. The average Bonchev–Trinajstić information content (AvgIpc) is 3.45. The van der Waals surface area contributed by atoms with Crippen LogP contribution in [0.2, 0.25) is 0 Å². The standard InChI is InChI=1S/C27H38N4O5/c1-29-10-12-30(13-11-29)18-8-9-19(26(28)33)20(14-18)23(17-6-4-3-5-7-17)27(34)31-15-22(35-2)25-24(31)21(32)16-36-25/h8-9,14,17,22-25H,3-7,10-13,15-16H2,1-2H3,(H2,28,33)/t22-,23+,24-,25-/m1/s1. The first-order valence-corrected chi connectivity index (χ1v) is 13.2. The fourth-order valence-electron chi connectivity index (χ4n) is 6.57. The average molecular weight is 499 g/mol. The van der Waals surface area contributed by atoms with Gasteiger partial charge < -0.3 is 29.9 Å². The van der Waals surface area contributed by atoms with Crippen molar-refractivity contribution in [3.8, 4) is 0 Å². The third-order valence-corrected chi connectivity index (χ3v) is 8.62. The first kappa shape index (κ1) is 25.2. The van der Waals surface area contributed by atoms with E-state index in [1.807, 2.05) is 12.1 Å². The number of likely N-dealkylation sites (tertiary alicyclic amines) is 1. The summed E-state index contributed by atoms with van der Waals surface area (Å²) in [4.78, 5) is 46.0. The van der Waals surface area contributed by atoms with Crippen LogP contribution in [-0.4, -0.2) is 99.1 Å². The molecule has 5 rings (SSSR count). The zero-order chi connectivity index (χ0) is 25.4. The number of methoxy groups -OCH3 is 1. The molecule has 4 atom stereocenters. The minimum absolute atomic E-state index is 0.00149. The number of hydrogen-bond acceptors (Lipinski definition) is 7. The van der Waals surface area contributed by atoms with E-state index >= 15 is 0 Å². The molecule has 0 radical (unpaired) electrons. The zero-order valence-electron chi connectivity index (χ0n) is 21.4. The van der Waals surface area contributed by atoms with E-state index in [9.17, 15) is 14.4 Å². The molecule has 1 aromatic carbocycles. The lowest BCUT2D eigenvalue weighted by atomic mass is 9.74. The Morgan fingerprint density at radius 3 is 2.50 bits per heavy atom. The van der Waals surface area contributed by atoms with Crippen molar-refractivity contribution < 1.29 is 23.9 Å². The molecule has 4 aliphatic rings. The van der Waals surface area contributed by atoms with Gasteiger partial charge in [-0.3, -0.25) is 14.4 Å². The normalized spacial score (nSPS) is 28.4. The van der Waals surface area contributed by atoms with E-state index in [1.54, 1.807) is 18.1 Å². The first-order valence-electron chi connectivity index (χ1n) is 13.2. The molecule has 0 aromatic heterocycles. The number of anilines is 1. The molecule has 1 aromatic rings. The molecule has 3 saturated heterocycles. The second-order valence-corrected chi connectivity index (χ2v) is 10.8. The number of Topliss-reactive ketones (excluding diaryl/α,β-unsaturated/α-hetero) is 1. The fourth-order valence-corrected chi connectivity index (χ4v) is 6.57. The van der Waals surface area contributed by atoms with E-state index < -0.39 is 24.0 Å². The van der Waals surface area contributed by atoms with Crippen LogP contribution < -0.4 is 10.6 Å². The van der Waals surface area contributed by atoms with Gasteiger partial charge in [0, 0.05) is 44.5 Å². The number of amides is 2. The maximum Gasteiger partial charge on any atom is 0.249 e. The summed E-state index contributed by atoms with van der Waals surface area (Å²) < 4.78 is 11.3. The molecule has 1 aliphatic carbocycles. The molecule has 1 saturated carbocycles. The summed E-state index contributed by atoms with van der Waals surface area (Å²) in [5, 5.41) is 0. The topological polar surface area (TPSA) is 105 Å². The number of fused-ring (bicyclic) bond motifs is 1. The van der Waals surface area contributed by atoms with Crippen molar-refractivity contribution in [1.82, 2.24) is 9.80 Å². The molecular weight excluding hydrogens is 460 g/mol. The van der Waals surface area contributed by atoms with Gasteiger partial charge in [0.1, 0.15) is 24.9 Å². The van der Waals surface area contributed by atoms with Crippen LogP contribution in [0.15, 0.2) is 18.2 Å². The van der Waals surface area contributed by atoms with E-state index in [2.05, 4.69) is 16.8 Å². The second kappa shape index (κ2) is 10.5. The molecule has 0 unspecified atom stereocenters. The number of nitrogens with zero attached hydrogens (tertiary/aromatic N) is 3. The minimum Gasteiger partial charge on any atom is -0.377 e. The molecule has 9 nitrogen and oxygen atoms in total. The number of nitrogens with two attached hydrogens (primary N) is 1. The van der Waals surface area contributed by atoms with Gasteiger partial charge in [0.2, 0.25) is 11.8 Å². The van der Waals surface area contributed by atoms with Crippen LogP contribution in [0, 0.1) is 5.92 Å². The molecule has 4 fully saturated rings. The third-order valence-electron chi connectivity index (χ3n) is 8.62. The van der Waals surface area contributed by atoms with E-state index in [4.69, 9.17) is 15.2 Å². The molecule has 9 heteroatoms. The number of primary amides is 1. The van der Waals surface area contributed by atoms with Crippen LogP contribution in [0.1, 0.15) is 53.9 Å². The molecule has 0 spiro atoms. The lowest BCUT2D eigenvalue weighted by molar-refractivity contribution is -0.139. The van der Waals surface area contributed by atoms with Crippen molar-refractivity contribution in [1.29, 1.82) is 0 Å². The monoisotopic (exact) mass is 498 g/mol. The number of rotatable bonds is 6. The molecule has 2 amide bonds. The Bertz CT molecular complexity index is 1000. The Labute approximate surface area is 212 Å². The fraction of sp³-hybridized carbons (Fsp3) is 0.667. The lowest BCUT2D eigenvalue weighted by Gasteiger charge is -2.37. The summed E-state index contributed by atoms with van der Waals surface area (Å²) >= 11 is 0. The maximum atomic E-state index is 14.4. The Morgan fingerprint density at radius 1 is 1.11 bits per heavy atom. The van der Waals surface area contributed by atoms with Crippen LogP contribution in [0.4, 0.5) is 5.69 Å². The SMILES string of the molecule is CO[C@@H]1CN(C(=O)[C@H](c2cc(N3CCN(C)CC3)ccc2C(N)=O)C2CCCCC2)[C@@H]2C(=O)CO[C@@H]21. The van der Waals surface area contributed by atoms with Crippen molar-refractivity contribution in [2.45, 2.75) is 56.3 Å². The highest BCUT2D eigenvalue weighted by molar-refractivity contribution is 5.99. The van der Waals surface area contributed by atoms with Gasteiger partial charge in [0.05, 0.1) is 12.5 Å². The van der Waals surface area contributed by atoms with Gasteiger partial charge in [-0.25, -0.2) is 0 Å². The summed E-state index contributed by atoms with van der Waals surface area (Å²) in [6.07, 6.45) is 4.28. The number of carbonyl (C=O) groups is 3. The number of hydrogen-bond donors (Lipinski definition) is 1. The number of benzene rings is 1. The Balaban J connectivity index is 1.55. The van der Waals surface area contributed by atoms with Gasteiger partial charge >= 0.3 is 0 Å². The summed E-state index contributed by atoms with van der Waals surface area (Å²) in [6, 6.07) is 5.10. The van der Waals surface area contributed by atoms with Crippen molar-refractivity contribution in [2.24, 2.45) is 11.7 Å². The predicted molar refractivity (Wildman–Crippen MR) is 135 cm³/mol. The second-order valence-electron chi connectivity index (χ2n) is 10.8.